The minimum Gasteiger partial charge on any atom is -0.480 e. The first-order chi connectivity index (χ1) is 24.4. The molecule has 2 aliphatic carbocycles. The second-order valence-corrected chi connectivity index (χ2v) is 17.8. The molecule has 6 saturated heterocycles. The van der Waals surface area contributed by atoms with Crippen molar-refractivity contribution in [1.29, 1.82) is 0 Å². The van der Waals surface area contributed by atoms with Crippen LogP contribution in [-0.2, 0) is 43.0 Å². The number of halogens is 3. The molecule has 0 unspecified atom stereocenters. The Morgan fingerprint density at radius 3 is 2.23 bits per heavy atom. The molecular formula is C38H56F3NO10. The van der Waals surface area contributed by atoms with Gasteiger partial charge >= 0.3 is 12.1 Å². The maximum absolute atomic E-state index is 14.7. The van der Waals surface area contributed by atoms with Gasteiger partial charge in [-0.05, 0) is 108 Å². The number of nitrogens with zero attached hydrogens (tertiary/aromatic N) is 1. The Kier molecular flexibility index (Phi) is 9.18. The molecule has 11 nitrogen and oxygen atoms in total. The van der Waals surface area contributed by atoms with Crippen molar-refractivity contribution in [3.63, 3.8) is 0 Å². The van der Waals surface area contributed by atoms with Crippen LogP contribution in [0.25, 0.3) is 0 Å². The summed E-state index contributed by atoms with van der Waals surface area (Å²) in [6, 6.07) is 0. The molecule has 0 aromatic carbocycles. The van der Waals surface area contributed by atoms with E-state index >= 15 is 0 Å². The molecule has 0 amide bonds. The quantitative estimate of drug-likeness (QED) is 0.186. The predicted molar refractivity (Wildman–Crippen MR) is 177 cm³/mol. The molecule has 0 aromatic rings. The van der Waals surface area contributed by atoms with Gasteiger partial charge in [0, 0.05) is 37.1 Å². The molecule has 14 heteroatoms. The summed E-state index contributed by atoms with van der Waals surface area (Å²) in [5.74, 6) is -4.71. The van der Waals surface area contributed by atoms with Gasteiger partial charge in [0.25, 0.3) is 0 Å². The fourth-order valence-corrected chi connectivity index (χ4v) is 11.8. The van der Waals surface area contributed by atoms with E-state index in [1.54, 1.807) is 11.8 Å². The maximum Gasteiger partial charge on any atom is 0.449 e. The number of allylic oxidation sites excluding steroid dienone is 1. The fraction of sp³-hybridized carbons (Fsp3) is 0.921. The second kappa shape index (κ2) is 12.8. The zero-order valence-electron chi connectivity index (χ0n) is 31.3. The summed E-state index contributed by atoms with van der Waals surface area (Å²) in [4.78, 5) is 25.8. The number of carboxylic acid groups (broad SMARTS) is 1. The van der Waals surface area contributed by atoms with Crippen molar-refractivity contribution in [3.05, 3.63) is 11.3 Å². The zero-order valence-corrected chi connectivity index (χ0v) is 31.3. The van der Waals surface area contributed by atoms with Crippen LogP contribution >= 0.6 is 0 Å². The molecule has 2 spiro atoms. The number of hydrogen-bond donors (Lipinski definition) is 1. The number of aliphatic carboxylic acids is 1. The first-order valence-corrected chi connectivity index (χ1v) is 19.6. The molecule has 14 atom stereocenters. The number of ether oxygens (including phenoxy) is 6. The van der Waals surface area contributed by atoms with Crippen molar-refractivity contribution in [1.82, 2.24) is 4.90 Å². The zero-order chi connectivity index (χ0) is 37.1. The van der Waals surface area contributed by atoms with Gasteiger partial charge in [-0.3, -0.25) is 9.69 Å². The SMILES string of the molecule is C[C@@H]1CC[C@H]2[C@@H](C)[C@@](C)(OCCCCN(CC(=O)O)CC3=C(C(F)(F)F)O[C@@H]4O[C@]5(C)CC[C@H]6[C@H](C)CC[C@@H]3[C@@]46O5)O[C@@H]3O[C@]4(C)CC[C@@H]1[C@]32OO4. The van der Waals surface area contributed by atoms with Crippen LogP contribution < -0.4 is 0 Å². The normalized spacial score (nSPS) is 49.3. The Bertz CT molecular complexity index is 1450. The highest BCUT2D eigenvalue weighted by Crippen LogP contribution is 2.65. The molecule has 7 aliphatic heterocycles. The molecule has 9 rings (SSSR count). The maximum atomic E-state index is 14.7. The Balaban J connectivity index is 0.957. The topological polar surface area (TPSA) is 114 Å². The molecule has 2 saturated carbocycles. The smallest absolute Gasteiger partial charge is 0.449 e. The Hall–Kier alpha value is -1.52. The summed E-state index contributed by atoms with van der Waals surface area (Å²) in [6.07, 6.45) is 0.721. The molecule has 8 fully saturated rings. The third-order valence-corrected chi connectivity index (χ3v) is 14.5. The first-order valence-electron chi connectivity index (χ1n) is 19.6. The minimum atomic E-state index is -4.77. The Morgan fingerprint density at radius 1 is 0.846 bits per heavy atom. The molecule has 9 aliphatic rings. The second-order valence-electron chi connectivity index (χ2n) is 17.8. The predicted octanol–water partition coefficient (Wildman–Crippen LogP) is 6.90. The molecule has 52 heavy (non-hydrogen) atoms. The summed E-state index contributed by atoms with van der Waals surface area (Å²) >= 11 is 0. The lowest BCUT2D eigenvalue weighted by molar-refractivity contribution is -0.585. The molecule has 7 heterocycles. The van der Waals surface area contributed by atoms with Crippen LogP contribution in [0.4, 0.5) is 13.2 Å². The Morgan fingerprint density at radius 2 is 1.52 bits per heavy atom. The largest absolute Gasteiger partial charge is 0.480 e. The number of unbranched alkanes of at least 4 members (excludes halogenated alkanes) is 1. The standard InChI is InChI=1S/C38H56F3NO10/c1-21-10-12-28-24(30(38(39,40)41)46-31-36(28)25(21)13-15-33(4,47-31)50-36)19-42(20-29(43)44)17-7-8-18-45-35(6)23(3)27-11-9-22(2)26-14-16-34(5)48-32(49-35)37(26,27)52-51-34/h21-23,25-28,31-32H,7-20H2,1-6H3,(H,43,44)/t21-,22-,23-,25+,26+,27+,28+,31-,32+,33+,34+,35+,36-,37-/m1/s1. The molecule has 294 valence electrons. The van der Waals surface area contributed by atoms with Gasteiger partial charge in [-0.25, -0.2) is 9.78 Å². The number of rotatable bonds is 10. The van der Waals surface area contributed by atoms with Gasteiger partial charge < -0.3 is 33.5 Å². The molecule has 4 bridgehead atoms. The lowest BCUT2D eigenvalue weighted by Crippen LogP contribution is -2.72. The van der Waals surface area contributed by atoms with E-state index < -0.39 is 71.5 Å². The highest BCUT2D eigenvalue weighted by Gasteiger charge is 2.73. The van der Waals surface area contributed by atoms with Crippen LogP contribution in [0.15, 0.2) is 11.3 Å². The third kappa shape index (κ3) is 5.78. The third-order valence-electron chi connectivity index (χ3n) is 14.5. The van der Waals surface area contributed by atoms with E-state index in [0.717, 1.165) is 32.1 Å². The number of fused-ring (bicyclic) bond motifs is 3. The Labute approximate surface area is 304 Å². The van der Waals surface area contributed by atoms with Gasteiger partial charge in [0.2, 0.25) is 17.8 Å². The summed E-state index contributed by atoms with van der Waals surface area (Å²) in [6.45, 7) is 12.1. The van der Waals surface area contributed by atoms with E-state index in [-0.39, 0.29) is 48.3 Å². The summed E-state index contributed by atoms with van der Waals surface area (Å²) < 4.78 is 82.4. The van der Waals surface area contributed by atoms with Crippen LogP contribution in [0.5, 0.6) is 0 Å². The highest BCUT2D eigenvalue weighted by atomic mass is 19.4. The number of carboxylic acids is 1. The summed E-state index contributed by atoms with van der Waals surface area (Å²) in [5, 5.41) is 9.85. The van der Waals surface area contributed by atoms with Crippen LogP contribution in [0.1, 0.15) is 106 Å². The van der Waals surface area contributed by atoms with E-state index in [1.165, 1.54) is 0 Å². The first kappa shape index (κ1) is 37.4. The van der Waals surface area contributed by atoms with E-state index in [4.69, 9.17) is 38.2 Å². The van der Waals surface area contributed by atoms with E-state index in [9.17, 15) is 23.1 Å². The van der Waals surface area contributed by atoms with Crippen LogP contribution in [0.2, 0.25) is 0 Å². The lowest BCUT2D eigenvalue weighted by atomic mass is 9.57. The van der Waals surface area contributed by atoms with Gasteiger partial charge in [0.15, 0.2) is 23.5 Å². The van der Waals surface area contributed by atoms with E-state index in [2.05, 4.69) is 20.8 Å². The number of carbonyl (C=O) groups is 1. The molecule has 1 N–H and O–H groups in total. The van der Waals surface area contributed by atoms with Gasteiger partial charge in [-0.2, -0.15) is 13.2 Å². The van der Waals surface area contributed by atoms with Crippen LogP contribution in [0, 0.1) is 41.4 Å². The van der Waals surface area contributed by atoms with Crippen molar-refractivity contribution in [2.75, 3.05) is 26.2 Å². The summed E-state index contributed by atoms with van der Waals surface area (Å²) in [5.41, 5.74) is -1.67. The molecule has 0 radical (unpaired) electrons. The van der Waals surface area contributed by atoms with Crippen molar-refractivity contribution >= 4 is 5.97 Å². The van der Waals surface area contributed by atoms with Gasteiger partial charge in [-0.15, -0.1) is 0 Å². The van der Waals surface area contributed by atoms with Crippen molar-refractivity contribution in [3.8, 4) is 0 Å². The molecular weight excluding hydrogens is 687 g/mol. The van der Waals surface area contributed by atoms with E-state index in [1.807, 2.05) is 13.8 Å². The van der Waals surface area contributed by atoms with Crippen LogP contribution in [-0.4, -0.2) is 89.5 Å². The van der Waals surface area contributed by atoms with Gasteiger partial charge in [0.05, 0.1) is 13.2 Å². The highest BCUT2D eigenvalue weighted by molar-refractivity contribution is 5.69. The van der Waals surface area contributed by atoms with Gasteiger partial charge in [0.1, 0.15) is 5.60 Å². The average Bonchev–Trinajstić information content (AvgIpc) is 3.13. The average molecular weight is 744 g/mol. The van der Waals surface area contributed by atoms with E-state index in [0.29, 0.717) is 44.6 Å². The van der Waals surface area contributed by atoms with Crippen LogP contribution in [0.3, 0.4) is 0 Å². The number of alkyl halides is 3. The summed E-state index contributed by atoms with van der Waals surface area (Å²) in [7, 11) is 0. The van der Waals surface area contributed by atoms with Gasteiger partial charge in [-0.1, -0.05) is 20.8 Å². The monoisotopic (exact) mass is 743 g/mol. The minimum absolute atomic E-state index is 0.0225. The van der Waals surface area contributed by atoms with Crippen molar-refractivity contribution < 1.29 is 61.3 Å². The molecule has 0 aromatic heterocycles. The number of hydrogen-bond acceptors (Lipinski definition) is 10. The lowest BCUT2D eigenvalue weighted by Gasteiger charge is -2.62. The van der Waals surface area contributed by atoms with Crippen molar-refractivity contribution in [2.45, 2.75) is 153 Å². The van der Waals surface area contributed by atoms with Crippen molar-refractivity contribution in [2.24, 2.45) is 41.4 Å². The fourth-order valence-electron chi connectivity index (χ4n) is 11.8.